The molecule has 0 aliphatic heterocycles. The summed E-state index contributed by atoms with van der Waals surface area (Å²) in [7, 11) is 3.28. The van der Waals surface area contributed by atoms with Crippen LogP contribution in [0.1, 0.15) is 5.56 Å². The van der Waals surface area contributed by atoms with Crippen molar-refractivity contribution in [1.29, 1.82) is 0 Å². The third kappa shape index (κ3) is 2.93. The fourth-order valence-electron chi connectivity index (χ4n) is 2.79. The number of imidazole rings is 1. The van der Waals surface area contributed by atoms with Crippen molar-refractivity contribution in [3.05, 3.63) is 60.7 Å². The standard InChI is InChI=1S/C19H21N3O2/c1-4-12-22-16-10-6-5-9-15(16)21-19(22)20-13-14-8-7-11-17(23-2)18(14)24-3/h4-11H,1,12-13H2,2-3H3,(H,20,21). The molecule has 0 spiro atoms. The molecule has 1 heterocycles. The molecule has 0 radical (unpaired) electrons. The molecule has 2 aromatic carbocycles. The van der Waals surface area contributed by atoms with E-state index in [9.17, 15) is 0 Å². The molecule has 1 aromatic heterocycles. The van der Waals surface area contributed by atoms with Crippen LogP contribution in [0.25, 0.3) is 11.0 Å². The van der Waals surface area contributed by atoms with E-state index < -0.39 is 0 Å². The number of hydrogen-bond donors (Lipinski definition) is 1. The molecule has 0 saturated carbocycles. The number of anilines is 1. The summed E-state index contributed by atoms with van der Waals surface area (Å²) in [6, 6.07) is 13.9. The maximum Gasteiger partial charge on any atom is 0.204 e. The second kappa shape index (κ2) is 7.08. The van der Waals surface area contributed by atoms with Crippen molar-refractivity contribution in [3.8, 4) is 11.5 Å². The van der Waals surface area contributed by atoms with Crippen LogP contribution < -0.4 is 14.8 Å². The van der Waals surface area contributed by atoms with Crippen molar-refractivity contribution in [2.45, 2.75) is 13.1 Å². The lowest BCUT2D eigenvalue weighted by molar-refractivity contribution is 0.352. The molecule has 3 rings (SSSR count). The smallest absolute Gasteiger partial charge is 0.204 e. The first-order valence-electron chi connectivity index (χ1n) is 7.78. The average molecular weight is 323 g/mol. The molecule has 0 unspecified atom stereocenters. The molecule has 0 atom stereocenters. The van der Waals surface area contributed by atoms with Crippen LogP contribution in [-0.4, -0.2) is 23.8 Å². The first kappa shape index (κ1) is 15.9. The zero-order chi connectivity index (χ0) is 16.9. The Balaban J connectivity index is 1.91. The lowest BCUT2D eigenvalue weighted by atomic mass is 10.2. The Morgan fingerprint density at radius 1 is 1.12 bits per heavy atom. The van der Waals surface area contributed by atoms with Crippen LogP contribution in [0.15, 0.2) is 55.1 Å². The van der Waals surface area contributed by atoms with E-state index in [-0.39, 0.29) is 0 Å². The van der Waals surface area contributed by atoms with Gasteiger partial charge in [0.1, 0.15) is 0 Å². The Kier molecular flexibility index (Phi) is 4.70. The van der Waals surface area contributed by atoms with Gasteiger partial charge in [-0.05, 0) is 18.2 Å². The summed E-state index contributed by atoms with van der Waals surface area (Å²) in [6.07, 6.45) is 1.87. The second-order valence-corrected chi connectivity index (χ2v) is 5.33. The molecule has 5 nitrogen and oxygen atoms in total. The van der Waals surface area contributed by atoms with E-state index in [1.165, 1.54) is 0 Å². The molecule has 0 bridgehead atoms. The predicted molar refractivity (Wildman–Crippen MR) is 96.8 cm³/mol. The third-order valence-electron chi connectivity index (χ3n) is 3.89. The average Bonchev–Trinajstić information content (AvgIpc) is 2.97. The van der Waals surface area contributed by atoms with Crippen molar-refractivity contribution in [2.24, 2.45) is 0 Å². The van der Waals surface area contributed by atoms with Crippen LogP contribution in [0.4, 0.5) is 5.95 Å². The second-order valence-electron chi connectivity index (χ2n) is 5.33. The van der Waals surface area contributed by atoms with Crippen LogP contribution in [0.3, 0.4) is 0 Å². The van der Waals surface area contributed by atoms with Gasteiger partial charge in [-0.3, -0.25) is 0 Å². The van der Waals surface area contributed by atoms with Gasteiger partial charge in [0, 0.05) is 18.7 Å². The van der Waals surface area contributed by atoms with E-state index in [2.05, 4.69) is 27.5 Å². The number of aromatic nitrogens is 2. The Labute approximate surface area is 141 Å². The van der Waals surface area contributed by atoms with Crippen LogP contribution >= 0.6 is 0 Å². The Morgan fingerprint density at radius 2 is 1.96 bits per heavy atom. The largest absolute Gasteiger partial charge is 0.493 e. The van der Waals surface area contributed by atoms with E-state index in [1.54, 1.807) is 14.2 Å². The molecule has 3 aromatic rings. The fraction of sp³-hybridized carbons (Fsp3) is 0.211. The number of nitrogens with one attached hydrogen (secondary N) is 1. The van der Waals surface area contributed by atoms with Crippen LogP contribution in [-0.2, 0) is 13.1 Å². The number of fused-ring (bicyclic) bond motifs is 1. The molecule has 0 aliphatic rings. The van der Waals surface area contributed by atoms with Gasteiger partial charge in [0.2, 0.25) is 5.95 Å². The lowest BCUT2D eigenvalue weighted by Crippen LogP contribution is -2.08. The highest BCUT2D eigenvalue weighted by molar-refractivity contribution is 5.78. The highest BCUT2D eigenvalue weighted by Crippen LogP contribution is 2.31. The fourth-order valence-corrected chi connectivity index (χ4v) is 2.79. The molecule has 1 N–H and O–H groups in total. The number of benzene rings is 2. The number of ether oxygens (including phenoxy) is 2. The van der Waals surface area contributed by atoms with Gasteiger partial charge in [-0.2, -0.15) is 0 Å². The maximum atomic E-state index is 5.48. The summed E-state index contributed by atoms with van der Waals surface area (Å²) in [6.45, 7) is 5.12. The summed E-state index contributed by atoms with van der Waals surface area (Å²) < 4.78 is 12.9. The molecule has 124 valence electrons. The summed E-state index contributed by atoms with van der Waals surface area (Å²) in [4.78, 5) is 4.68. The quantitative estimate of drug-likeness (QED) is 0.671. The van der Waals surface area contributed by atoms with Crippen molar-refractivity contribution in [2.75, 3.05) is 19.5 Å². The van der Waals surface area contributed by atoms with E-state index in [1.807, 2.05) is 42.5 Å². The van der Waals surface area contributed by atoms with Crippen molar-refractivity contribution >= 4 is 17.0 Å². The Bertz CT molecular complexity index is 855. The van der Waals surface area contributed by atoms with E-state index in [4.69, 9.17) is 9.47 Å². The molecule has 0 aliphatic carbocycles. The van der Waals surface area contributed by atoms with Gasteiger partial charge >= 0.3 is 0 Å². The minimum Gasteiger partial charge on any atom is -0.493 e. The maximum absolute atomic E-state index is 5.48. The molecular weight excluding hydrogens is 302 g/mol. The Hall–Kier alpha value is -2.95. The highest BCUT2D eigenvalue weighted by atomic mass is 16.5. The number of para-hydroxylation sites is 3. The summed E-state index contributed by atoms with van der Waals surface area (Å²) in [5, 5.41) is 3.40. The van der Waals surface area contributed by atoms with Crippen LogP contribution in [0.5, 0.6) is 11.5 Å². The SMILES string of the molecule is C=CCn1c(NCc2cccc(OC)c2OC)nc2ccccc21. The summed E-state index contributed by atoms with van der Waals surface area (Å²) in [5.41, 5.74) is 3.05. The van der Waals surface area contributed by atoms with Crippen LogP contribution in [0.2, 0.25) is 0 Å². The van der Waals surface area contributed by atoms with Gasteiger partial charge in [0.05, 0.1) is 25.3 Å². The molecule has 0 amide bonds. The van der Waals surface area contributed by atoms with Gasteiger partial charge < -0.3 is 19.4 Å². The zero-order valence-electron chi connectivity index (χ0n) is 14.0. The zero-order valence-corrected chi connectivity index (χ0v) is 14.0. The summed E-state index contributed by atoms with van der Waals surface area (Å²) >= 11 is 0. The van der Waals surface area contributed by atoms with Gasteiger partial charge in [-0.25, -0.2) is 4.98 Å². The minimum absolute atomic E-state index is 0.584. The van der Waals surface area contributed by atoms with Gasteiger partial charge in [0.25, 0.3) is 0 Å². The van der Waals surface area contributed by atoms with E-state index >= 15 is 0 Å². The topological polar surface area (TPSA) is 48.3 Å². The molecule has 24 heavy (non-hydrogen) atoms. The number of hydrogen-bond acceptors (Lipinski definition) is 4. The summed E-state index contributed by atoms with van der Waals surface area (Å²) in [5.74, 6) is 2.26. The normalized spacial score (nSPS) is 10.6. The van der Waals surface area contributed by atoms with Crippen LogP contribution in [0, 0.1) is 0 Å². The monoisotopic (exact) mass is 323 g/mol. The van der Waals surface area contributed by atoms with Crippen molar-refractivity contribution in [1.82, 2.24) is 9.55 Å². The number of allylic oxidation sites excluding steroid dienone is 1. The molecule has 0 fully saturated rings. The first-order chi connectivity index (χ1) is 11.8. The van der Waals surface area contributed by atoms with Gasteiger partial charge in [-0.15, -0.1) is 6.58 Å². The molecule has 0 saturated heterocycles. The van der Waals surface area contributed by atoms with Crippen molar-refractivity contribution < 1.29 is 9.47 Å². The number of methoxy groups -OCH3 is 2. The van der Waals surface area contributed by atoms with E-state index in [0.717, 1.165) is 34.0 Å². The lowest BCUT2D eigenvalue weighted by Gasteiger charge is -2.14. The predicted octanol–water partition coefficient (Wildman–Crippen LogP) is 3.85. The Morgan fingerprint density at radius 3 is 2.71 bits per heavy atom. The number of nitrogens with zero attached hydrogens (tertiary/aromatic N) is 2. The molecular formula is C19H21N3O2. The van der Waals surface area contributed by atoms with E-state index in [0.29, 0.717) is 13.1 Å². The van der Waals surface area contributed by atoms with Crippen molar-refractivity contribution in [3.63, 3.8) is 0 Å². The van der Waals surface area contributed by atoms with Gasteiger partial charge in [0.15, 0.2) is 11.5 Å². The first-order valence-corrected chi connectivity index (χ1v) is 7.78. The third-order valence-corrected chi connectivity index (χ3v) is 3.89. The minimum atomic E-state index is 0.584. The number of rotatable bonds is 7. The van der Waals surface area contributed by atoms with Gasteiger partial charge in [-0.1, -0.05) is 30.3 Å². The highest BCUT2D eigenvalue weighted by Gasteiger charge is 2.12. The molecule has 5 heteroatoms.